The van der Waals surface area contributed by atoms with E-state index in [4.69, 9.17) is 30.5 Å². The van der Waals surface area contributed by atoms with Crippen LogP contribution in [-0.2, 0) is 37.1 Å². The van der Waals surface area contributed by atoms with Gasteiger partial charge >= 0.3 is 5.69 Å². The molecule has 0 amide bonds. The average Bonchev–Trinajstić information content (AvgIpc) is 3.79. The molecule has 21 heteroatoms. The van der Waals surface area contributed by atoms with Crippen molar-refractivity contribution in [2.45, 2.75) is 69.3 Å². The molecule has 2 aliphatic heterocycles. The summed E-state index contributed by atoms with van der Waals surface area (Å²) < 4.78 is 25.9. The monoisotopic (exact) mass is 733 g/mol. The minimum atomic E-state index is -3.85. The molecule has 0 spiro atoms. The quantitative estimate of drug-likeness (QED) is 0.0866. The highest BCUT2D eigenvalue weighted by Crippen LogP contribution is 2.46. The number of aliphatic hydroxyl groups is 3. The van der Waals surface area contributed by atoms with E-state index in [-0.39, 0.29) is 42.7 Å². The molecule has 6 heterocycles. The lowest BCUT2D eigenvalue weighted by atomic mass is 10.1. The number of aliphatic imine (C=N–C) groups is 1. The van der Waals surface area contributed by atoms with Gasteiger partial charge < -0.3 is 44.1 Å². The zero-order valence-electron chi connectivity index (χ0n) is 26.7. The fourth-order valence-electron chi connectivity index (χ4n) is 5.95. The molecule has 0 aliphatic carbocycles. The topological polar surface area (TPSA) is 265 Å². The first-order chi connectivity index (χ1) is 23.9. The van der Waals surface area contributed by atoms with Crippen LogP contribution in [0.1, 0.15) is 42.1 Å². The summed E-state index contributed by atoms with van der Waals surface area (Å²) in [7, 11) is 1.32. The summed E-state index contributed by atoms with van der Waals surface area (Å²) in [6.45, 7) is -3.16. The summed E-state index contributed by atoms with van der Waals surface area (Å²) in [4.78, 5) is 60.9. The predicted molar refractivity (Wildman–Crippen MR) is 175 cm³/mol. The van der Waals surface area contributed by atoms with Crippen LogP contribution in [0.4, 0.5) is 5.82 Å². The second kappa shape index (κ2) is 14.8. The van der Waals surface area contributed by atoms with Crippen molar-refractivity contribution in [1.29, 1.82) is 0 Å². The maximum Gasteiger partial charge on any atom is 0.330 e. The summed E-state index contributed by atoms with van der Waals surface area (Å²) in [5.41, 5.74) is 0.308. The molecule has 50 heavy (non-hydrogen) atoms. The number of pyridine rings is 1. The van der Waals surface area contributed by atoms with Gasteiger partial charge in [0.1, 0.15) is 36.6 Å². The van der Waals surface area contributed by atoms with E-state index in [9.17, 15) is 34.9 Å². The number of aromatic amines is 1. The average molecular weight is 734 g/mol. The van der Waals surface area contributed by atoms with Gasteiger partial charge in [-0.2, -0.15) is 0 Å². The Hall–Kier alpha value is -3.82. The Kier molecular flexibility index (Phi) is 10.7. The zero-order chi connectivity index (χ0) is 35.7. The number of H-pyrrole nitrogens is 1. The molecule has 0 radical (unpaired) electrons. The number of aryl methyl sites for hydroxylation is 1. The molecule has 19 nitrogen and oxygen atoms in total. The number of aliphatic hydroxyl groups excluding tert-OH is 3. The van der Waals surface area contributed by atoms with Crippen molar-refractivity contribution in [2.75, 3.05) is 19.9 Å². The highest BCUT2D eigenvalue weighted by Gasteiger charge is 2.48. The number of hydrogen-bond donors (Lipinski definition) is 5. The summed E-state index contributed by atoms with van der Waals surface area (Å²) in [5.74, 6) is 0.0598. The molecule has 8 atom stereocenters. The number of ether oxygens (including phenoxy) is 3. The number of rotatable bonds is 12. The first kappa shape index (κ1) is 36.0. The third kappa shape index (κ3) is 7.17. The largest absolute Gasteiger partial charge is 0.801 e. The van der Waals surface area contributed by atoms with Gasteiger partial charge in [0.05, 0.1) is 37.4 Å². The zero-order valence-corrected chi connectivity index (χ0v) is 28.4. The molecule has 2 saturated heterocycles. The van der Waals surface area contributed by atoms with Gasteiger partial charge in [0.15, 0.2) is 23.2 Å². The van der Waals surface area contributed by atoms with Crippen molar-refractivity contribution < 1.29 is 44.1 Å². The summed E-state index contributed by atoms with van der Waals surface area (Å²) >= 11 is 5.34. The molecular weight excluding hydrogens is 699 g/mol. The smallest absolute Gasteiger partial charge is 0.330 e. The SMILES string of the molecule is CO[C@H]1C(OP([O-])(=S)CC[C@H]2O[C@@H](n3cnc4c(/N=C\c5c(CO)cnc(C)c5O)ncnc43)CC2O)[C@@H](CO)O[C@H]1n1ccc(=O)[nH]c1=O. The molecule has 4 aromatic rings. The number of nitrogens with zero attached hydrogens (tertiary/aromatic N) is 7. The lowest BCUT2D eigenvalue weighted by Crippen LogP contribution is -2.40. The Morgan fingerprint density at radius 3 is 2.70 bits per heavy atom. The molecule has 5 N–H and O–H groups in total. The summed E-state index contributed by atoms with van der Waals surface area (Å²) in [6.07, 6.45) is -0.0122. The first-order valence-electron chi connectivity index (χ1n) is 15.4. The van der Waals surface area contributed by atoms with Gasteiger partial charge in [0.2, 0.25) is 0 Å². The van der Waals surface area contributed by atoms with E-state index in [1.807, 2.05) is 0 Å². The van der Waals surface area contributed by atoms with E-state index in [1.54, 1.807) is 11.5 Å². The first-order valence-corrected chi connectivity index (χ1v) is 18.2. The number of hydrogen-bond acceptors (Lipinski definition) is 17. The van der Waals surface area contributed by atoms with Crippen molar-refractivity contribution in [3.63, 3.8) is 0 Å². The normalized spacial score (nSPS) is 26.6. The number of imidazole rings is 1. The van der Waals surface area contributed by atoms with Gasteiger partial charge in [-0.3, -0.25) is 23.9 Å². The lowest BCUT2D eigenvalue weighted by Gasteiger charge is -2.35. The standard InChI is InChI=1S/C29H35N8O11PS/c1-14-23(42)16(15(10-38)8-30-14)9-31-26-22-27(33-12-32-26)37(13-34-22)21-7-17(40)18(46-21)4-6-49(44,50)48-24-19(11-39)47-28(25(24)45-2)36-5-3-20(41)35-29(36)43/h3,5,8-9,12-13,17-19,21,24-25,28,38-40,42H,4,6-7,10-11H2,1-2H3,(H,44,50)(H,35,41,43)/p-1/b31-9-/t17?,18-,19-,21-,24?,25+,28-,49?/m1/s1. The molecule has 3 unspecified atom stereocenters. The Morgan fingerprint density at radius 2 is 1.98 bits per heavy atom. The minimum absolute atomic E-state index is 0.0511. The molecule has 6 rings (SSSR count). The summed E-state index contributed by atoms with van der Waals surface area (Å²) in [5, 5.41) is 41.0. The van der Waals surface area contributed by atoms with Gasteiger partial charge in [-0.25, -0.2) is 24.7 Å². The predicted octanol–water partition coefficient (Wildman–Crippen LogP) is -0.973. The van der Waals surface area contributed by atoms with Crippen molar-refractivity contribution in [3.8, 4) is 5.75 Å². The lowest BCUT2D eigenvalue weighted by molar-refractivity contribution is -0.191. The van der Waals surface area contributed by atoms with Gasteiger partial charge in [-0.15, -0.1) is 0 Å². The van der Waals surface area contributed by atoms with Crippen molar-refractivity contribution in [3.05, 3.63) is 68.8 Å². The van der Waals surface area contributed by atoms with E-state index < -0.39 is 67.3 Å². The fourth-order valence-corrected chi connectivity index (χ4v) is 7.86. The molecule has 4 aromatic heterocycles. The highest BCUT2D eigenvalue weighted by atomic mass is 32.5. The number of fused-ring (bicyclic) bond motifs is 1. The molecule has 2 aliphatic rings. The van der Waals surface area contributed by atoms with Gasteiger partial charge in [0.25, 0.3) is 5.56 Å². The third-order valence-electron chi connectivity index (χ3n) is 8.53. The van der Waals surface area contributed by atoms with Crippen LogP contribution in [0.15, 0.2) is 45.7 Å². The van der Waals surface area contributed by atoms with E-state index in [0.717, 1.165) is 10.6 Å². The Bertz CT molecular complexity index is 2060. The van der Waals surface area contributed by atoms with Gasteiger partial charge in [0, 0.05) is 49.3 Å². The van der Waals surface area contributed by atoms with Crippen molar-refractivity contribution in [1.82, 2.24) is 34.1 Å². The van der Waals surface area contributed by atoms with Gasteiger partial charge in [-0.05, 0) is 26.0 Å². The maximum absolute atomic E-state index is 13.5. The van der Waals surface area contributed by atoms with E-state index in [1.165, 1.54) is 38.4 Å². The molecule has 0 saturated carbocycles. The van der Waals surface area contributed by atoms with Crippen LogP contribution in [-0.4, -0.2) is 111 Å². The maximum atomic E-state index is 13.5. The van der Waals surface area contributed by atoms with Crippen molar-refractivity contribution >= 4 is 41.5 Å². The number of aromatic hydroxyl groups is 1. The van der Waals surface area contributed by atoms with Crippen LogP contribution in [0.5, 0.6) is 5.75 Å². The van der Waals surface area contributed by atoms with Crippen LogP contribution >= 0.6 is 6.49 Å². The summed E-state index contributed by atoms with van der Waals surface area (Å²) in [6, 6.07) is 1.12. The molecule has 2 fully saturated rings. The van der Waals surface area contributed by atoms with Crippen LogP contribution in [0.3, 0.4) is 0 Å². The van der Waals surface area contributed by atoms with Gasteiger partial charge in [-0.1, -0.05) is 11.8 Å². The second-order valence-electron chi connectivity index (χ2n) is 11.7. The van der Waals surface area contributed by atoms with E-state index >= 15 is 0 Å². The van der Waals surface area contributed by atoms with Crippen LogP contribution in [0.2, 0.25) is 0 Å². The third-order valence-corrected chi connectivity index (χ3v) is 10.7. The Labute approximate surface area is 288 Å². The van der Waals surface area contributed by atoms with Crippen LogP contribution in [0.25, 0.3) is 11.2 Å². The molecule has 0 aromatic carbocycles. The highest BCUT2D eigenvalue weighted by molar-refractivity contribution is 8.08. The number of aromatic nitrogens is 7. The fraction of sp³-hybridized carbons (Fsp3) is 0.483. The number of nitrogens with one attached hydrogen (secondary N) is 1. The minimum Gasteiger partial charge on any atom is -0.801 e. The molecular formula is C29H34N8O11PS-. The van der Waals surface area contributed by atoms with Crippen LogP contribution in [0, 0.1) is 6.92 Å². The van der Waals surface area contributed by atoms with E-state index in [0.29, 0.717) is 22.4 Å². The van der Waals surface area contributed by atoms with Crippen LogP contribution < -0.4 is 16.1 Å². The number of methoxy groups -OCH3 is 1. The van der Waals surface area contributed by atoms with E-state index in [2.05, 4.69) is 29.9 Å². The molecule has 0 bridgehead atoms. The molecule has 268 valence electrons. The Balaban J connectivity index is 1.13. The second-order valence-corrected chi connectivity index (χ2v) is 15.2. The Morgan fingerprint density at radius 1 is 1.18 bits per heavy atom. The van der Waals surface area contributed by atoms with Crippen molar-refractivity contribution in [2.24, 2.45) is 4.99 Å².